The normalized spacial score (nSPS) is 26.9. The molecular formula is C14H22N2O. The topological polar surface area (TPSA) is 26.7 Å². The largest absolute Gasteiger partial charge is 0.395 e. The second kappa shape index (κ2) is 5.52. The Bertz CT molecular complexity index is 341. The van der Waals surface area contributed by atoms with E-state index in [1.807, 2.05) is 6.07 Å². The molecule has 2 unspecified atom stereocenters. The third-order valence-electron chi connectivity index (χ3n) is 3.85. The lowest BCUT2D eigenvalue weighted by molar-refractivity contribution is 0.127. The SMILES string of the molecule is CC1CCN(c2ccccc2)CC(CO)N1C. The third-order valence-corrected chi connectivity index (χ3v) is 3.85. The zero-order chi connectivity index (χ0) is 12.3. The van der Waals surface area contributed by atoms with Gasteiger partial charge in [0.2, 0.25) is 0 Å². The number of aliphatic hydroxyl groups is 1. The molecule has 3 nitrogen and oxygen atoms in total. The number of anilines is 1. The maximum absolute atomic E-state index is 9.50. The van der Waals surface area contributed by atoms with E-state index in [0.29, 0.717) is 6.04 Å². The van der Waals surface area contributed by atoms with Crippen LogP contribution < -0.4 is 4.90 Å². The molecule has 1 N–H and O–H groups in total. The van der Waals surface area contributed by atoms with Gasteiger partial charge in [-0.3, -0.25) is 4.90 Å². The van der Waals surface area contributed by atoms with Crippen molar-refractivity contribution in [3.05, 3.63) is 30.3 Å². The van der Waals surface area contributed by atoms with E-state index >= 15 is 0 Å². The van der Waals surface area contributed by atoms with Crippen molar-refractivity contribution >= 4 is 5.69 Å². The van der Waals surface area contributed by atoms with Gasteiger partial charge in [-0.25, -0.2) is 0 Å². The van der Waals surface area contributed by atoms with E-state index in [-0.39, 0.29) is 12.6 Å². The Kier molecular flexibility index (Phi) is 4.02. The maximum atomic E-state index is 9.50. The van der Waals surface area contributed by atoms with Gasteiger partial charge in [-0.1, -0.05) is 18.2 Å². The Hall–Kier alpha value is -1.06. The fraction of sp³-hybridized carbons (Fsp3) is 0.571. The van der Waals surface area contributed by atoms with Crippen LogP contribution in [0.2, 0.25) is 0 Å². The minimum absolute atomic E-state index is 0.226. The van der Waals surface area contributed by atoms with E-state index in [1.165, 1.54) is 5.69 Å². The summed E-state index contributed by atoms with van der Waals surface area (Å²) in [4.78, 5) is 4.67. The summed E-state index contributed by atoms with van der Waals surface area (Å²) in [5.41, 5.74) is 1.26. The monoisotopic (exact) mass is 234 g/mol. The van der Waals surface area contributed by atoms with Crippen LogP contribution in [-0.2, 0) is 0 Å². The molecule has 17 heavy (non-hydrogen) atoms. The van der Waals surface area contributed by atoms with Crippen LogP contribution in [0.3, 0.4) is 0 Å². The molecule has 1 heterocycles. The lowest BCUT2D eigenvalue weighted by Gasteiger charge is -2.30. The van der Waals surface area contributed by atoms with E-state index in [2.05, 4.69) is 48.0 Å². The molecule has 1 aliphatic heterocycles. The van der Waals surface area contributed by atoms with Crippen LogP contribution in [0.25, 0.3) is 0 Å². The van der Waals surface area contributed by atoms with Gasteiger partial charge in [-0.15, -0.1) is 0 Å². The van der Waals surface area contributed by atoms with E-state index in [4.69, 9.17) is 0 Å². The summed E-state index contributed by atoms with van der Waals surface area (Å²) in [6.45, 7) is 4.43. The highest BCUT2D eigenvalue weighted by Gasteiger charge is 2.26. The zero-order valence-corrected chi connectivity index (χ0v) is 10.7. The molecule has 0 saturated carbocycles. The Balaban J connectivity index is 2.15. The first-order valence-corrected chi connectivity index (χ1v) is 6.35. The summed E-state index contributed by atoms with van der Waals surface area (Å²) in [5, 5.41) is 9.50. The molecule has 94 valence electrons. The van der Waals surface area contributed by atoms with Crippen LogP contribution in [0.15, 0.2) is 30.3 Å². The molecule has 2 atom stereocenters. The van der Waals surface area contributed by atoms with Gasteiger partial charge in [-0.05, 0) is 32.5 Å². The van der Waals surface area contributed by atoms with Gasteiger partial charge in [0.15, 0.2) is 0 Å². The Morgan fingerprint density at radius 1 is 1.29 bits per heavy atom. The summed E-state index contributed by atoms with van der Waals surface area (Å²) in [5.74, 6) is 0. The lowest BCUT2D eigenvalue weighted by Crippen LogP contribution is -2.44. The van der Waals surface area contributed by atoms with Gasteiger partial charge in [-0.2, -0.15) is 0 Å². The number of nitrogens with zero attached hydrogens (tertiary/aromatic N) is 2. The summed E-state index contributed by atoms with van der Waals surface area (Å²) in [7, 11) is 2.11. The van der Waals surface area contributed by atoms with Crippen molar-refractivity contribution in [3.63, 3.8) is 0 Å². The predicted octanol–water partition coefficient (Wildman–Crippen LogP) is 1.58. The van der Waals surface area contributed by atoms with Crippen LogP contribution in [0.5, 0.6) is 0 Å². The third kappa shape index (κ3) is 2.79. The van der Waals surface area contributed by atoms with Gasteiger partial charge < -0.3 is 10.0 Å². The molecule has 1 aliphatic rings. The smallest absolute Gasteiger partial charge is 0.0604 e. The molecule has 0 radical (unpaired) electrons. The van der Waals surface area contributed by atoms with Crippen molar-refractivity contribution < 1.29 is 5.11 Å². The van der Waals surface area contributed by atoms with Crippen molar-refractivity contribution in [2.24, 2.45) is 0 Å². The molecule has 1 fully saturated rings. The Morgan fingerprint density at radius 3 is 2.65 bits per heavy atom. The summed E-state index contributed by atoms with van der Waals surface area (Å²) >= 11 is 0. The van der Waals surface area contributed by atoms with Crippen LogP contribution in [0, 0.1) is 0 Å². The number of likely N-dealkylation sites (N-methyl/N-ethyl adjacent to an activating group) is 1. The molecule has 1 aromatic rings. The van der Waals surface area contributed by atoms with Crippen LogP contribution in [-0.4, -0.2) is 48.8 Å². The van der Waals surface area contributed by atoms with Crippen LogP contribution in [0.1, 0.15) is 13.3 Å². The van der Waals surface area contributed by atoms with Crippen LogP contribution in [0.4, 0.5) is 5.69 Å². The van der Waals surface area contributed by atoms with Crippen molar-refractivity contribution in [2.75, 3.05) is 31.6 Å². The zero-order valence-electron chi connectivity index (χ0n) is 10.7. The van der Waals surface area contributed by atoms with Crippen LogP contribution >= 0.6 is 0 Å². The van der Waals surface area contributed by atoms with Crippen molar-refractivity contribution in [2.45, 2.75) is 25.4 Å². The van der Waals surface area contributed by atoms with Gasteiger partial charge in [0.25, 0.3) is 0 Å². The number of rotatable bonds is 2. The predicted molar refractivity (Wildman–Crippen MR) is 71.4 cm³/mol. The molecule has 3 heteroatoms. The standard InChI is InChI=1S/C14H22N2O/c1-12-8-9-16(10-14(11-17)15(12)2)13-6-4-3-5-7-13/h3-7,12,14,17H,8-11H2,1-2H3. The number of aliphatic hydroxyl groups excluding tert-OH is 1. The molecule has 0 spiro atoms. The summed E-state index contributed by atoms with van der Waals surface area (Å²) < 4.78 is 0. The quantitative estimate of drug-likeness (QED) is 0.841. The highest BCUT2D eigenvalue weighted by molar-refractivity contribution is 5.46. The minimum Gasteiger partial charge on any atom is -0.395 e. The molecule has 0 amide bonds. The number of benzene rings is 1. The van der Waals surface area contributed by atoms with Gasteiger partial charge in [0.1, 0.15) is 0 Å². The number of para-hydroxylation sites is 1. The van der Waals surface area contributed by atoms with Gasteiger partial charge in [0, 0.05) is 24.8 Å². The van der Waals surface area contributed by atoms with E-state index in [1.54, 1.807) is 0 Å². The van der Waals surface area contributed by atoms with Gasteiger partial charge in [0.05, 0.1) is 12.6 Å². The molecule has 1 saturated heterocycles. The van der Waals surface area contributed by atoms with Crippen molar-refractivity contribution in [3.8, 4) is 0 Å². The van der Waals surface area contributed by atoms with E-state index in [9.17, 15) is 5.11 Å². The fourth-order valence-electron chi connectivity index (χ4n) is 2.44. The molecule has 0 bridgehead atoms. The Labute approximate surface area is 104 Å². The molecular weight excluding hydrogens is 212 g/mol. The van der Waals surface area contributed by atoms with Crippen molar-refractivity contribution in [1.82, 2.24) is 4.90 Å². The average molecular weight is 234 g/mol. The lowest BCUT2D eigenvalue weighted by atomic mass is 10.2. The van der Waals surface area contributed by atoms with Gasteiger partial charge >= 0.3 is 0 Å². The highest BCUT2D eigenvalue weighted by atomic mass is 16.3. The minimum atomic E-state index is 0.226. The number of hydrogen-bond acceptors (Lipinski definition) is 3. The number of hydrogen-bond donors (Lipinski definition) is 1. The molecule has 2 rings (SSSR count). The molecule has 0 aromatic heterocycles. The van der Waals surface area contributed by atoms with E-state index < -0.39 is 0 Å². The fourth-order valence-corrected chi connectivity index (χ4v) is 2.44. The molecule has 0 aliphatic carbocycles. The average Bonchev–Trinajstić information content (AvgIpc) is 2.52. The van der Waals surface area contributed by atoms with E-state index in [0.717, 1.165) is 19.5 Å². The maximum Gasteiger partial charge on any atom is 0.0604 e. The second-order valence-electron chi connectivity index (χ2n) is 4.92. The summed E-state index contributed by atoms with van der Waals surface area (Å²) in [6, 6.07) is 11.2. The first-order valence-electron chi connectivity index (χ1n) is 6.35. The van der Waals surface area contributed by atoms with Crippen molar-refractivity contribution in [1.29, 1.82) is 0 Å². The summed E-state index contributed by atoms with van der Waals surface area (Å²) in [6.07, 6.45) is 1.14. The molecule has 1 aromatic carbocycles. The second-order valence-corrected chi connectivity index (χ2v) is 4.92. The highest BCUT2D eigenvalue weighted by Crippen LogP contribution is 2.20. The Morgan fingerprint density at radius 2 is 2.00 bits per heavy atom. The first kappa shape index (κ1) is 12.4. The first-order chi connectivity index (χ1) is 8.22.